The summed E-state index contributed by atoms with van der Waals surface area (Å²) in [6.07, 6.45) is 0. The highest BCUT2D eigenvalue weighted by atomic mass is 79.9. The van der Waals surface area contributed by atoms with Gasteiger partial charge in [0.2, 0.25) is 0 Å². The minimum Gasteiger partial charge on any atom is -0.366 e. The van der Waals surface area contributed by atoms with E-state index < -0.39 is 0 Å². The van der Waals surface area contributed by atoms with Crippen molar-refractivity contribution in [2.75, 3.05) is 25.5 Å². The lowest BCUT2D eigenvalue weighted by Gasteiger charge is -2.31. The molecule has 2 nitrogen and oxygen atoms in total. The fourth-order valence-electron chi connectivity index (χ4n) is 2.97. The van der Waals surface area contributed by atoms with Gasteiger partial charge in [-0.15, -0.1) is 0 Å². The second-order valence-electron chi connectivity index (χ2n) is 6.85. The van der Waals surface area contributed by atoms with Crippen LogP contribution in [0.4, 0.5) is 5.69 Å². The highest BCUT2D eigenvalue weighted by Crippen LogP contribution is 2.25. The van der Waals surface area contributed by atoms with E-state index in [2.05, 4.69) is 113 Å². The van der Waals surface area contributed by atoms with Crippen LogP contribution in [0.3, 0.4) is 0 Å². The Balaban J connectivity index is 1.93. The van der Waals surface area contributed by atoms with Crippen LogP contribution in [-0.2, 0) is 6.54 Å². The van der Waals surface area contributed by atoms with Crippen LogP contribution in [0, 0.1) is 0 Å². The molecule has 1 unspecified atom stereocenters. The molecule has 0 N–H and O–H groups in total. The van der Waals surface area contributed by atoms with Gasteiger partial charge in [0, 0.05) is 29.3 Å². The number of likely N-dealkylation sites (N-methyl/N-ethyl adjacent to an activating group) is 1. The number of hydrogen-bond acceptors (Lipinski definition) is 2. The van der Waals surface area contributed by atoms with E-state index in [0.29, 0.717) is 6.04 Å². The van der Waals surface area contributed by atoms with Gasteiger partial charge in [-0.2, -0.15) is 0 Å². The summed E-state index contributed by atoms with van der Waals surface area (Å²) in [6.45, 7) is 4.16. The van der Waals surface area contributed by atoms with Gasteiger partial charge in [-0.05, 0) is 61.6 Å². The minimum atomic E-state index is 0.471. The molecule has 1 atom stereocenters. The number of anilines is 1. The van der Waals surface area contributed by atoms with Gasteiger partial charge in [-0.3, -0.25) is 0 Å². The van der Waals surface area contributed by atoms with Gasteiger partial charge in [-0.25, -0.2) is 0 Å². The Morgan fingerprint density at radius 3 is 2.36 bits per heavy atom. The molecule has 25 heavy (non-hydrogen) atoms. The summed E-state index contributed by atoms with van der Waals surface area (Å²) in [5.41, 5.74) is 2.58. The lowest BCUT2D eigenvalue weighted by molar-refractivity contribution is 0.314. The minimum absolute atomic E-state index is 0.471. The first-order valence-electron chi connectivity index (χ1n) is 8.67. The Bertz CT molecular complexity index is 844. The first-order valence-corrected chi connectivity index (χ1v) is 9.47. The molecule has 0 heterocycles. The zero-order valence-electron chi connectivity index (χ0n) is 15.1. The van der Waals surface area contributed by atoms with Crippen molar-refractivity contribution < 1.29 is 0 Å². The molecule has 3 heteroatoms. The maximum absolute atomic E-state index is 3.59. The summed E-state index contributed by atoms with van der Waals surface area (Å²) in [7, 11) is 4.28. The van der Waals surface area contributed by atoms with E-state index >= 15 is 0 Å². The molecule has 3 aromatic carbocycles. The SMILES string of the molecule is CC(CN(Cc1cccc(Br)c1)c1ccc2ccccc2c1)N(C)C. The van der Waals surface area contributed by atoms with E-state index in [9.17, 15) is 0 Å². The average Bonchev–Trinajstić information content (AvgIpc) is 2.60. The molecule has 0 saturated carbocycles. The Morgan fingerprint density at radius 1 is 0.880 bits per heavy atom. The summed E-state index contributed by atoms with van der Waals surface area (Å²) in [5, 5.41) is 2.58. The van der Waals surface area contributed by atoms with Crippen LogP contribution in [0.5, 0.6) is 0 Å². The van der Waals surface area contributed by atoms with Crippen molar-refractivity contribution in [2.45, 2.75) is 19.5 Å². The van der Waals surface area contributed by atoms with Crippen molar-refractivity contribution in [1.29, 1.82) is 0 Å². The number of fused-ring (bicyclic) bond motifs is 1. The smallest absolute Gasteiger partial charge is 0.0430 e. The number of hydrogen-bond donors (Lipinski definition) is 0. The molecular weight excluding hydrogens is 372 g/mol. The van der Waals surface area contributed by atoms with E-state index in [-0.39, 0.29) is 0 Å². The summed E-state index contributed by atoms with van der Waals surface area (Å²) >= 11 is 3.59. The van der Waals surface area contributed by atoms with Gasteiger partial charge in [0.05, 0.1) is 0 Å². The normalized spacial score (nSPS) is 12.5. The van der Waals surface area contributed by atoms with Crippen molar-refractivity contribution in [1.82, 2.24) is 4.90 Å². The summed E-state index contributed by atoms with van der Waals surface area (Å²) in [5.74, 6) is 0. The molecule has 0 fully saturated rings. The van der Waals surface area contributed by atoms with Crippen molar-refractivity contribution in [3.63, 3.8) is 0 Å². The summed E-state index contributed by atoms with van der Waals surface area (Å²) in [4.78, 5) is 4.74. The molecule has 0 aliphatic rings. The van der Waals surface area contributed by atoms with Crippen LogP contribution in [0.1, 0.15) is 12.5 Å². The highest BCUT2D eigenvalue weighted by molar-refractivity contribution is 9.10. The van der Waals surface area contributed by atoms with E-state index in [1.54, 1.807) is 0 Å². The molecule has 0 bridgehead atoms. The zero-order chi connectivity index (χ0) is 17.8. The van der Waals surface area contributed by atoms with E-state index in [4.69, 9.17) is 0 Å². The maximum Gasteiger partial charge on any atom is 0.0430 e. The third-order valence-electron chi connectivity index (χ3n) is 4.73. The molecule has 0 radical (unpaired) electrons. The van der Waals surface area contributed by atoms with Crippen LogP contribution in [0.2, 0.25) is 0 Å². The molecular formula is C22H25BrN2. The molecule has 0 aromatic heterocycles. The van der Waals surface area contributed by atoms with Crippen molar-refractivity contribution in [2.24, 2.45) is 0 Å². The monoisotopic (exact) mass is 396 g/mol. The molecule has 130 valence electrons. The van der Waals surface area contributed by atoms with Crippen LogP contribution in [0.25, 0.3) is 10.8 Å². The number of halogens is 1. The molecule has 3 aromatic rings. The molecule has 3 rings (SSSR count). The second-order valence-corrected chi connectivity index (χ2v) is 7.77. The highest BCUT2D eigenvalue weighted by Gasteiger charge is 2.14. The van der Waals surface area contributed by atoms with E-state index in [1.807, 2.05) is 0 Å². The molecule has 0 aliphatic heterocycles. The molecule has 0 amide bonds. The Labute approximate surface area is 159 Å². The van der Waals surface area contributed by atoms with Crippen LogP contribution >= 0.6 is 15.9 Å². The third-order valence-corrected chi connectivity index (χ3v) is 5.22. The number of nitrogens with zero attached hydrogens (tertiary/aromatic N) is 2. The number of rotatable bonds is 6. The van der Waals surface area contributed by atoms with Crippen molar-refractivity contribution >= 4 is 32.4 Å². The fraction of sp³-hybridized carbons (Fsp3) is 0.273. The van der Waals surface area contributed by atoms with Gasteiger partial charge >= 0.3 is 0 Å². The van der Waals surface area contributed by atoms with Gasteiger partial charge < -0.3 is 9.80 Å². The van der Waals surface area contributed by atoms with E-state index in [1.165, 1.54) is 22.0 Å². The quantitative estimate of drug-likeness (QED) is 0.537. The van der Waals surface area contributed by atoms with Gasteiger partial charge in [0.1, 0.15) is 0 Å². The summed E-state index contributed by atoms with van der Waals surface area (Å²) < 4.78 is 1.13. The lowest BCUT2D eigenvalue weighted by atomic mass is 10.1. The Kier molecular flexibility index (Phi) is 5.77. The van der Waals surface area contributed by atoms with Crippen LogP contribution in [0.15, 0.2) is 71.2 Å². The number of benzene rings is 3. The lowest BCUT2D eigenvalue weighted by Crippen LogP contribution is -2.38. The topological polar surface area (TPSA) is 6.48 Å². The van der Waals surface area contributed by atoms with Gasteiger partial charge in [0.15, 0.2) is 0 Å². The second kappa shape index (κ2) is 8.03. The Hall–Kier alpha value is -1.84. The van der Waals surface area contributed by atoms with Gasteiger partial charge in [-0.1, -0.05) is 58.4 Å². The molecule has 0 spiro atoms. The van der Waals surface area contributed by atoms with Crippen molar-refractivity contribution in [3.8, 4) is 0 Å². The molecule has 0 aliphatic carbocycles. The summed E-state index contributed by atoms with van der Waals surface area (Å²) in [6, 6.07) is 24.4. The largest absolute Gasteiger partial charge is 0.366 e. The standard InChI is InChI=1S/C22H25BrN2/c1-17(24(2)3)15-25(16-18-7-6-10-21(23)13-18)22-12-11-19-8-4-5-9-20(19)14-22/h4-14,17H,15-16H2,1-3H3. The predicted molar refractivity (Wildman–Crippen MR) is 112 cm³/mol. The third kappa shape index (κ3) is 4.62. The van der Waals surface area contributed by atoms with Crippen LogP contribution < -0.4 is 4.90 Å². The predicted octanol–water partition coefficient (Wildman–Crippen LogP) is 5.56. The maximum atomic E-state index is 3.59. The van der Waals surface area contributed by atoms with Crippen molar-refractivity contribution in [3.05, 3.63) is 76.8 Å². The first-order chi connectivity index (χ1) is 12.0. The zero-order valence-corrected chi connectivity index (χ0v) is 16.7. The van der Waals surface area contributed by atoms with Crippen LogP contribution in [-0.4, -0.2) is 31.6 Å². The Morgan fingerprint density at radius 2 is 1.64 bits per heavy atom. The fourth-order valence-corrected chi connectivity index (χ4v) is 3.42. The van der Waals surface area contributed by atoms with E-state index in [0.717, 1.165) is 17.6 Å². The first kappa shape index (κ1) is 18.0. The average molecular weight is 397 g/mol. The molecule has 0 saturated heterocycles. The van der Waals surface area contributed by atoms with Gasteiger partial charge in [0.25, 0.3) is 0 Å².